The second-order valence-corrected chi connectivity index (χ2v) is 7.64. The number of carbonyl (C=O) groups excluding carboxylic acids is 2. The molecule has 34 heavy (non-hydrogen) atoms. The van der Waals surface area contributed by atoms with Crippen LogP contribution in [0.15, 0.2) is 67.1 Å². The fourth-order valence-electron chi connectivity index (χ4n) is 3.63. The number of nitrogens with zero attached hydrogens (tertiary/aromatic N) is 3. The number of pyridine rings is 1. The maximum Gasteiger partial charge on any atom is 0.250 e. The zero-order chi connectivity index (χ0) is 23.9. The van der Waals surface area contributed by atoms with E-state index in [2.05, 4.69) is 25.6 Å². The van der Waals surface area contributed by atoms with Crippen molar-refractivity contribution in [2.75, 3.05) is 23.8 Å². The highest BCUT2D eigenvalue weighted by molar-refractivity contribution is 6.06. The van der Waals surface area contributed by atoms with Gasteiger partial charge in [-0.1, -0.05) is 30.3 Å². The van der Waals surface area contributed by atoms with Crippen molar-refractivity contribution < 1.29 is 14.7 Å². The molecule has 0 aliphatic rings. The molecule has 9 heteroatoms. The summed E-state index contributed by atoms with van der Waals surface area (Å²) in [5.74, 6) is 0.571. The minimum atomic E-state index is -0.543. The summed E-state index contributed by atoms with van der Waals surface area (Å²) >= 11 is 0. The number of hydrogen-bond acceptors (Lipinski definition) is 8. The number of primary amides is 1. The molecule has 0 bridgehead atoms. The Labute approximate surface area is 196 Å². The molecule has 0 aliphatic heterocycles. The smallest absolute Gasteiger partial charge is 0.250 e. The number of carbonyl (C=O) groups is 2. The number of nitrogens with two attached hydrogens (primary N) is 1. The number of amides is 1. The number of aliphatic hydroxyl groups excluding tert-OH is 1. The molecule has 0 spiro atoms. The molecule has 0 atom stereocenters. The van der Waals surface area contributed by atoms with Gasteiger partial charge >= 0.3 is 0 Å². The van der Waals surface area contributed by atoms with E-state index in [0.717, 1.165) is 11.1 Å². The van der Waals surface area contributed by atoms with Gasteiger partial charge in [0.25, 0.3) is 5.91 Å². The number of rotatable bonds is 10. The van der Waals surface area contributed by atoms with Crippen molar-refractivity contribution in [2.24, 2.45) is 5.73 Å². The molecule has 0 saturated carbocycles. The lowest BCUT2D eigenvalue weighted by Gasteiger charge is -2.11. The highest BCUT2D eigenvalue weighted by Gasteiger charge is 2.12. The Morgan fingerprint density at radius 2 is 1.76 bits per heavy atom. The first-order valence-electron chi connectivity index (χ1n) is 10.7. The van der Waals surface area contributed by atoms with Crippen molar-refractivity contribution in [3.63, 3.8) is 0 Å². The first-order chi connectivity index (χ1) is 16.5. The van der Waals surface area contributed by atoms with E-state index in [0.29, 0.717) is 46.8 Å². The van der Waals surface area contributed by atoms with E-state index in [1.807, 2.05) is 30.3 Å². The van der Waals surface area contributed by atoms with Gasteiger partial charge in [0.1, 0.15) is 18.0 Å². The fraction of sp³-hybridized carbons (Fsp3) is 0.160. The van der Waals surface area contributed by atoms with Gasteiger partial charge in [0.05, 0.1) is 17.7 Å². The molecule has 2 aromatic carbocycles. The molecule has 2 aromatic heterocycles. The summed E-state index contributed by atoms with van der Waals surface area (Å²) in [5, 5.41) is 15.9. The van der Waals surface area contributed by atoms with Crippen LogP contribution in [0, 0.1) is 0 Å². The molecule has 0 fully saturated rings. The van der Waals surface area contributed by atoms with E-state index in [1.54, 1.807) is 30.5 Å². The van der Waals surface area contributed by atoms with Crippen LogP contribution < -0.4 is 16.4 Å². The summed E-state index contributed by atoms with van der Waals surface area (Å²) in [6.07, 6.45) is 3.21. The van der Waals surface area contributed by atoms with Crippen LogP contribution >= 0.6 is 0 Å². The third-order valence-electron chi connectivity index (χ3n) is 5.25. The molecule has 4 rings (SSSR count). The van der Waals surface area contributed by atoms with E-state index in [9.17, 15) is 9.59 Å². The number of benzene rings is 2. The lowest BCUT2D eigenvalue weighted by Crippen LogP contribution is -2.12. The first kappa shape index (κ1) is 22.8. The number of ketones is 1. The van der Waals surface area contributed by atoms with Crippen molar-refractivity contribution >= 4 is 34.2 Å². The first-order valence-corrected chi connectivity index (χ1v) is 10.7. The summed E-state index contributed by atoms with van der Waals surface area (Å²) in [6, 6.07) is 16.3. The lowest BCUT2D eigenvalue weighted by molar-refractivity contribution is 0.0988. The Morgan fingerprint density at radius 3 is 2.59 bits per heavy atom. The third kappa shape index (κ3) is 5.33. The molecule has 9 nitrogen and oxygen atoms in total. The predicted molar refractivity (Wildman–Crippen MR) is 130 cm³/mol. The van der Waals surface area contributed by atoms with Crippen LogP contribution in [-0.4, -0.2) is 44.9 Å². The third-order valence-corrected chi connectivity index (χ3v) is 5.25. The van der Waals surface area contributed by atoms with E-state index in [4.69, 9.17) is 10.8 Å². The Hall–Kier alpha value is -4.37. The van der Waals surface area contributed by atoms with Gasteiger partial charge in [-0.15, -0.1) is 0 Å². The second-order valence-electron chi connectivity index (χ2n) is 7.64. The topological polar surface area (TPSA) is 143 Å². The normalized spacial score (nSPS) is 10.7. The van der Waals surface area contributed by atoms with Gasteiger partial charge in [0, 0.05) is 36.7 Å². The molecular weight excluding hydrogens is 432 g/mol. The highest BCUT2D eigenvalue weighted by Crippen LogP contribution is 2.23. The summed E-state index contributed by atoms with van der Waals surface area (Å²) in [6.45, 7) is 0.822. The zero-order valence-electron chi connectivity index (χ0n) is 18.4. The number of para-hydroxylation sites is 1. The second kappa shape index (κ2) is 10.5. The molecule has 1 amide bonds. The summed E-state index contributed by atoms with van der Waals surface area (Å²) < 4.78 is 0. The van der Waals surface area contributed by atoms with Crippen LogP contribution in [0.4, 0.5) is 11.6 Å². The number of Topliss-reactive ketones (excluding diaryl/α,β-unsaturated/α-hetero) is 1. The Morgan fingerprint density at radius 1 is 0.941 bits per heavy atom. The molecule has 5 N–H and O–H groups in total. The maximum absolute atomic E-state index is 12.8. The monoisotopic (exact) mass is 456 g/mol. The average Bonchev–Trinajstić information content (AvgIpc) is 2.86. The molecule has 172 valence electrons. The number of fused-ring (bicyclic) bond motifs is 1. The predicted octanol–water partition coefficient (Wildman–Crippen LogP) is 2.57. The molecule has 0 unspecified atom stereocenters. The van der Waals surface area contributed by atoms with Crippen LogP contribution in [-0.2, 0) is 13.0 Å². The van der Waals surface area contributed by atoms with E-state index in [-0.39, 0.29) is 18.8 Å². The summed E-state index contributed by atoms with van der Waals surface area (Å²) in [4.78, 5) is 37.1. The van der Waals surface area contributed by atoms with E-state index >= 15 is 0 Å². The van der Waals surface area contributed by atoms with Gasteiger partial charge in [-0.25, -0.2) is 15.0 Å². The summed E-state index contributed by atoms with van der Waals surface area (Å²) in [5.41, 5.74) is 8.71. The van der Waals surface area contributed by atoms with Crippen LogP contribution in [0.1, 0.15) is 31.8 Å². The van der Waals surface area contributed by atoms with E-state index in [1.165, 1.54) is 6.33 Å². The van der Waals surface area contributed by atoms with Crippen LogP contribution in [0.5, 0.6) is 0 Å². The van der Waals surface area contributed by atoms with Gasteiger partial charge in [-0.2, -0.15) is 0 Å². The Bertz CT molecular complexity index is 1340. The average molecular weight is 457 g/mol. The van der Waals surface area contributed by atoms with Gasteiger partial charge in [0.2, 0.25) is 0 Å². The Kier molecular flexibility index (Phi) is 7.04. The minimum absolute atomic E-state index is 0.0161. The number of aliphatic hydroxyl groups is 1. The largest absolute Gasteiger partial charge is 0.395 e. The van der Waals surface area contributed by atoms with Gasteiger partial charge in [0.15, 0.2) is 5.78 Å². The van der Waals surface area contributed by atoms with Crippen molar-refractivity contribution in [3.8, 4) is 0 Å². The number of nitrogens with one attached hydrogen (secondary N) is 2. The maximum atomic E-state index is 12.8. The van der Waals surface area contributed by atoms with Gasteiger partial charge < -0.3 is 21.5 Å². The van der Waals surface area contributed by atoms with Crippen molar-refractivity contribution in [2.45, 2.75) is 13.0 Å². The van der Waals surface area contributed by atoms with Crippen molar-refractivity contribution in [1.29, 1.82) is 0 Å². The molecule has 0 saturated heterocycles. The molecular formula is C25H24N6O3. The van der Waals surface area contributed by atoms with E-state index < -0.39 is 5.91 Å². The Balaban J connectivity index is 1.46. The number of aromatic nitrogens is 3. The molecule has 0 aliphatic carbocycles. The van der Waals surface area contributed by atoms with Crippen molar-refractivity contribution in [3.05, 3.63) is 89.4 Å². The molecule has 2 heterocycles. The zero-order valence-corrected chi connectivity index (χ0v) is 18.4. The highest BCUT2D eigenvalue weighted by atomic mass is 16.3. The van der Waals surface area contributed by atoms with Crippen LogP contribution in [0.2, 0.25) is 0 Å². The number of anilines is 2. The number of hydrogen-bond donors (Lipinski definition) is 4. The summed E-state index contributed by atoms with van der Waals surface area (Å²) in [7, 11) is 0. The SMILES string of the molecule is NC(=O)c1cccc2c(NCc3cccc(CC(=O)c4ccnc(NCCO)c4)c3)ncnc12. The lowest BCUT2D eigenvalue weighted by atomic mass is 10.0. The van der Waals surface area contributed by atoms with Crippen molar-refractivity contribution in [1.82, 2.24) is 15.0 Å². The van der Waals surface area contributed by atoms with Gasteiger partial charge in [-0.3, -0.25) is 9.59 Å². The van der Waals surface area contributed by atoms with Gasteiger partial charge in [-0.05, 0) is 35.4 Å². The standard InChI is InChI=1S/C25H24N6O3/c26-24(34)19-5-2-6-20-23(19)30-15-31-25(20)29-14-17-4-1-3-16(11-17)12-21(33)18-7-8-27-22(13-18)28-9-10-32/h1-8,11,13,15,32H,9-10,12,14H2,(H2,26,34)(H,27,28)(H,29,30,31). The molecule has 0 radical (unpaired) electrons. The quantitative estimate of drug-likeness (QED) is 0.267. The van der Waals surface area contributed by atoms with Crippen LogP contribution in [0.25, 0.3) is 10.9 Å². The fourth-order valence-corrected chi connectivity index (χ4v) is 3.63. The molecule has 4 aromatic rings. The van der Waals surface area contributed by atoms with Crippen LogP contribution in [0.3, 0.4) is 0 Å². The minimum Gasteiger partial charge on any atom is -0.395 e.